The van der Waals surface area contributed by atoms with Crippen LogP contribution in [0.3, 0.4) is 0 Å². The number of rotatable bonds is 5. The van der Waals surface area contributed by atoms with Crippen LogP contribution >= 0.6 is 0 Å². The molecule has 0 saturated heterocycles. The van der Waals surface area contributed by atoms with Gasteiger partial charge in [0.05, 0.1) is 18.7 Å². The number of amides is 1. The molecule has 3 aromatic rings. The molecule has 5 heteroatoms. The first-order chi connectivity index (χ1) is 11.6. The van der Waals surface area contributed by atoms with Gasteiger partial charge < -0.3 is 14.8 Å². The normalized spacial score (nSPS) is 11.9. The van der Waals surface area contributed by atoms with Crippen LogP contribution in [0.25, 0.3) is 11.5 Å². The Hall–Kier alpha value is -2.92. The summed E-state index contributed by atoms with van der Waals surface area (Å²) < 4.78 is 5.32. The van der Waals surface area contributed by atoms with E-state index < -0.39 is 6.10 Å². The molecular formula is C19H18N2O3. The zero-order valence-electron chi connectivity index (χ0n) is 13.3. The molecule has 122 valence electrons. The smallest absolute Gasteiger partial charge is 0.227 e. The van der Waals surface area contributed by atoms with Crippen molar-refractivity contribution in [3.8, 4) is 11.5 Å². The highest BCUT2D eigenvalue weighted by Gasteiger charge is 2.14. The van der Waals surface area contributed by atoms with Crippen LogP contribution in [-0.2, 0) is 4.79 Å². The monoisotopic (exact) mass is 322 g/mol. The molecule has 1 heterocycles. The molecule has 0 spiro atoms. The van der Waals surface area contributed by atoms with E-state index in [1.807, 2.05) is 43.3 Å². The molecule has 0 bridgehead atoms. The quantitative estimate of drug-likeness (QED) is 0.751. The second-order valence-electron chi connectivity index (χ2n) is 5.55. The van der Waals surface area contributed by atoms with Gasteiger partial charge in [0, 0.05) is 11.3 Å². The van der Waals surface area contributed by atoms with Crippen LogP contribution < -0.4 is 5.32 Å². The first-order valence-corrected chi connectivity index (χ1v) is 7.67. The predicted octanol–water partition coefficient (Wildman–Crippen LogP) is 3.71. The number of carbonyl (C=O) groups is 1. The van der Waals surface area contributed by atoms with Gasteiger partial charge in [-0.15, -0.1) is 0 Å². The number of nitrogens with one attached hydrogen (secondary N) is 1. The molecule has 1 unspecified atom stereocenters. The van der Waals surface area contributed by atoms with Crippen molar-refractivity contribution in [3.63, 3.8) is 0 Å². The van der Waals surface area contributed by atoms with Crippen LogP contribution in [0.1, 0.15) is 23.7 Å². The van der Waals surface area contributed by atoms with Crippen LogP contribution in [0.4, 0.5) is 5.69 Å². The number of carbonyl (C=O) groups excluding carboxylic acids is 1. The molecule has 0 aliphatic heterocycles. The summed E-state index contributed by atoms with van der Waals surface area (Å²) in [6.07, 6.45) is 2.25. The Labute approximate surface area is 140 Å². The average molecular weight is 322 g/mol. The summed E-state index contributed by atoms with van der Waals surface area (Å²) in [5.41, 5.74) is 3.18. The summed E-state index contributed by atoms with van der Waals surface area (Å²) in [5.74, 6) is 0.251. The first kappa shape index (κ1) is 16.0. The molecule has 5 nitrogen and oxygen atoms in total. The molecule has 0 aliphatic carbocycles. The van der Waals surface area contributed by atoms with Crippen molar-refractivity contribution in [2.24, 2.45) is 0 Å². The maximum atomic E-state index is 12.2. The minimum atomic E-state index is -0.831. The van der Waals surface area contributed by atoms with Gasteiger partial charge in [-0.3, -0.25) is 4.79 Å². The fourth-order valence-electron chi connectivity index (χ4n) is 2.47. The third-order valence-electron chi connectivity index (χ3n) is 3.75. The lowest BCUT2D eigenvalue weighted by atomic mass is 10.1. The topological polar surface area (TPSA) is 75.4 Å². The number of hydrogen-bond acceptors (Lipinski definition) is 4. The molecule has 1 aromatic heterocycles. The number of oxazole rings is 1. The summed E-state index contributed by atoms with van der Waals surface area (Å²) in [6.45, 7) is 1.95. The first-order valence-electron chi connectivity index (χ1n) is 7.67. The number of aliphatic hydroxyl groups is 1. The number of benzene rings is 2. The Morgan fingerprint density at radius 1 is 1.25 bits per heavy atom. The van der Waals surface area contributed by atoms with Crippen molar-refractivity contribution in [1.82, 2.24) is 4.98 Å². The van der Waals surface area contributed by atoms with Crippen molar-refractivity contribution in [2.75, 3.05) is 5.32 Å². The Kier molecular flexibility index (Phi) is 4.72. The SMILES string of the molecule is Cc1ccc(NC(=O)CC(O)c2ccccc2)cc1-c1ncco1. The van der Waals surface area contributed by atoms with Gasteiger partial charge >= 0.3 is 0 Å². The van der Waals surface area contributed by atoms with Crippen LogP contribution in [0, 0.1) is 6.92 Å². The van der Waals surface area contributed by atoms with Crippen LogP contribution in [-0.4, -0.2) is 16.0 Å². The third kappa shape index (κ3) is 3.70. The second-order valence-corrected chi connectivity index (χ2v) is 5.55. The van der Waals surface area contributed by atoms with Gasteiger partial charge in [0.25, 0.3) is 0 Å². The van der Waals surface area contributed by atoms with E-state index in [4.69, 9.17) is 4.42 Å². The summed E-state index contributed by atoms with van der Waals surface area (Å²) in [5, 5.41) is 12.9. The van der Waals surface area contributed by atoms with Gasteiger partial charge in [0.15, 0.2) is 0 Å². The van der Waals surface area contributed by atoms with E-state index in [0.717, 1.165) is 16.7 Å². The highest BCUT2D eigenvalue weighted by atomic mass is 16.3. The largest absolute Gasteiger partial charge is 0.445 e. The lowest BCUT2D eigenvalue weighted by Gasteiger charge is -2.12. The van der Waals surface area contributed by atoms with E-state index >= 15 is 0 Å². The number of hydrogen-bond donors (Lipinski definition) is 2. The number of nitrogens with zero attached hydrogens (tertiary/aromatic N) is 1. The minimum Gasteiger partial charge on any atom is -0.445 e. The molecule has 2 aromatic carbocycles. The fourth-order valence-corrected chi connectivity index (χ4v) is 2.47. The number of aliphatic hydroxyl groups excluding tert-OH is 1. The van der Waals surface area contributed by atoms with Crippen molar-refractivity contribution in [2.45, 2.75) is 19.4 Å². The molecule has 0 fully saturated rings. The zero-order chi connectivity index (χ0) is 16.9. The van der Waals surface area contributed by atoms with E-state index in [2.05, 4.69) is 10.3 Å². The van der Waals surface area contributed by atoms with E-state index in [9.17, 15) is 9.90 Å². The standard InChI is InChI=1S/C19H18N2O3/c1-13-7-8-15(11-16(13)19-20-9-10-24-19)21-18(23)12-17(22)14-5-3-2-4-6-14/h2-11,17,22H,12H2,1H3,(H,21,23). The Morgan fingerprint density at radius 2 is 2.04 bits per heavy atom. The Bertz CT molecular complexity index is 814. The van der Waals surface area contributed by atoms with Crippen molar-refractivity contribution in [1.29, 1.82) is 0 Å². The summed E-state index contributed by atoms with van der Waals surface area (Å²) in [6, 6.07) is 14.6. The minimum absolute atomic E-state index is 0.00771. The van der Waals surface area contributed by atoms with Crippen molar-refractivity contribution in [3.05, 3.63) is 72.1 Å². The predicted molar refractivity (Wildman–Crippen MR) is 91.3 cm³/mol. The van der Waals surface area contributed by atoms with Gasteiger partial charge in [-0.2, -0.15) is 0 Å². The third-order valence-corrected chi connectivity index (χ3v) is 3.75. The average Bonchev–Trinajstić information content (AvgIpc) is 3.11. The van der Waals surface area contributed by atoms with Gasteiger partial charge in [-0.25, -0.2) is 4.98 Å². The highest BCUT2D eigenvalue weighted by molar-refractivity contribution is 5.91. The molecule has 0 aliphatic rings. The maximum absolute atomic E-state index is 12.2. The molecule has 1 amide bonds. The lowest BCUT2D eigenvalue weighted by molar-refractivity contribution is -0.118. The highest BCUT2D eigenvalue weighted by Crippen LogP contribution is 2.25. The Balaban J connectivity index is 1.70. The number of anilines is 1. The summed E-state index contributed by atoms with van der Waals surface area (Å²) in [4.78, 5) is 16.3. The van der Waals surface area contributed by atoms with Crippen molar-refractivity contribution >= 4 is 11.6 Å². The van der Waals surface area contributed by atoms with Crippen LogP contribution in [0.2, 0.25) is 0 Å². The second kappa shape index (κ2) is 7.10. The lowest BCUT2D eigenvalue weighted by Crippen LogP contribution is -2.15. The molecule has 3 rings (SSSR count). The van der Waals surface area contributed by atoms with E-state index in [1.165, 1.54) is 6.26 Å². The van der Waals surface area contributed by atoms with Gasteiger partial charge in [0.2, 0.25) is 11.8 Å². The van der Waals surface area contributed by atoms with Gasteiger partial charge in [0.1, 0.15) is 6.26 Å². The van der Waals surface area contributed by atoms with Gasteiger partial charge in [-0.05, 0) is 30.2 Å². The summed E-state index contributed by atoms with van der Waals surface area (Å²) >= 11 is 0. The van der Waals surface area contributed by atoms with Crippen LogP contribution in [0.5, 0.6) is 0 Å². The molecule has 24 heavy (non-hydrogen) atoms. The molecule has 0 radical (unpaired) electrons. The van der Waals surface area contributed by atoms with E-state index in [1.54, 1.807) is 18.3 Å². The molecule has 2 N–H and O–H groups in total. The summed E-state index contributed by atoms with van der Waals surface area (Å²) in [7, 11) is 0. The number of aryl methyl sites for hydroxylation is 1. The zero-order valence-corrected chi connectivity index (χ0v) is 13.3. The maximum Gasteiger partial charge on any atom is 0.227 e. The molecule has 0 saturated carbocycles. The van der Waals surface area contributed by atoms with E-state index in [0.29, 0.717) is 11.6 Å². The Morgan fingerprint density at radius 3 is 2.75 bits per heavy atom. The van der Waals surface area contributed by atoms with Gasteiger partial charge in [-0.1, -0.05) is 36.4 Å². The fraction of sp³-hybridized carbons (Fsp3) is 0.158. The van der Waals surface area contributed by atoms with E-state index in [-0.39, 0.29) is 12.3 Å². The molecular weight excluding hydrogens is 304 g/mol. The van der Waals surface area contributed by atoms with Crippen LogP contribution in [0.15, 0.2) is 65.4 Å². The molecule has 1 atom stereocenters. The number of aromatic nitrogens is 1. The van der Waals surface area contributed by atoms with Crippen molar-refractivity contribution < 1.29 is 14.3 Å².